The predicted octanol–water partition coefficient (Wildman–Crippen LogP) is -0.445. The van der Waals surface area contributed by atoms with Crippen LogP contribution in [0.3, 0.4) is 0 Å². The number of hydrogen-bond acceptors (Lipinski definition) is 10. The van der Waals surface area contributed by atoms with Crippen LogP contribution in [0, 0.1) is 0 Å². The van der Waals surface area contributed by atoms with Crippen LogP contribution in [-0.4, -0.2) is 80.9 Å². The maximum Gasteiger partial charge on any atom is 0.352 e. The number of thioether (sulfide) groups is 1. The van der Waals surface area contributed by atoms with Crippen LogP contribution in [0.2, 0.25) is 0 Å². The third-order valence-corrected chi connectivity index (χ3v) is 7.09. The number of anilines is 1. The number of aliphatic carboxylic acids is 1. The predicted molar refractivity (Wildman–Crippen MR) is 110 cm³/mol. The maximum absolute atomic E-state index is 12.8. The van der Waals surface area contributed by atoms with E-state index in [0.29, 0.717) is 10.2 Å². The summed E-state index contributed by atoms with van der Waals surface area (Å²) >= 11 is 5.51. The highest BCUT2D eigenvalue weighted by atomic mass is 79.9. The zero-order valence-electron chi connectivity index (χ0n) is 15.1. The molecule has 30 heavy (non-hydrogen) atoms. The number of β-lactam (4-membered cyclic amide) rings is 1. The molecule has 2 aliphatic rings. The topological polar surface area (TPSA) is 171 Å². The molecule has 1 saturated heterocycles. The number of nitrogens with zero attached hydrogens (tertiary/aromatic N) is 3. The summed E-state index contributed by atoms with van der Waals surface area (Å²) < 4.78 is 0.398. The Morgan fingerprint density at radius 3 is 2.83 bits per heavy atom. The number of oxime groups is 1. The minimum absolute atomic E-state index is 0.0947. The van der Waals surface area contributed by atoms with E-state index in [9.17, 15) is 29.4 Å². The SMILES string of the molecule is CON=C(C(=O)NC1C(=O)N2C(C(=O)O)=C(CO)CS[C@@H]12)c1nc(NC=O)sc1Br. The van der Waals surface area contributed by atoms with Crippen molar-refractivity contribution in [3.63, 3.8) is 0 Å². The van der Waals surface area contributed by atoms with E-state index in [1.165, 1.54) is 18.9 Å². The van der Waals surface area contributed by atoms with Crippen LogP contribution in [0.25, 0.3) is 0 Å². The number of amides is 3. The zero-order valence-corrected chi connectivity index (χ0v) is 18.3. The molecule has 3 amide bonds. The molecule has 0 aliphatic carbocycles. The van der Waals surface area contributed by atoms with E-state index in [1.807, 2.05) is 0 Å². The third-order valence-electron chi connectivity index (χ3n) is 4.12. The molecule has 1 fully saturated rings. The Morgan fingerprint density at radius 1 is 1.50 bits per heavy atom. The van der Waals surface area contributed by atoms with Crippen molar-refractivity contribution in [3.8, 4) is 0 Å². The Bertz CT molecular complexity index is 979. The van der Waals surface area contributed by atoms with Gasteiger partial charge in [0.15, 0.2) is 10.8 Å². The van der Waals surface area contributed by atoms with Crippen LogP contribution in [0.1, 0.15) is 5.69 Å². The van der Waals surface area contributed by atoms with Gasteiger partial charge in [-0.3, -0.25) is 19.3 Å². The van der Waals surface area contributed by atoms with E-state index >= 15 is 0 Å². The number of carbonyl (C=O) groups is 4. The Morgan fingerprint density at radius 2 is 2.23 bits per heavy atom. The van der Waals surface area contributed by atoms with Gasteiger partial charge in [0.2, 0.25) is 6.41 Å². The standard InChI is InChI=1S/C15H14BrN5O7S2/c1-28-20-7(6-10(16)30-15(19-6)17-4-23)11(24)18-8-12(25)21-9(14(26)27)5(2-22)3-29-13(8)21/h4,8,13,22H,2-3H2,1H3,(H,18,24)(H,26,27)(H,17,19,23)/t8?,13-/m0/s1. The Labute approximate surface area is 185 Å². The molecular formula is C15H14BrN5O7S2. The summed E-state index contributed by atoms with van der Waals surface area (Å²) in [6, 6.07) is -0.996. The fourth-order valence-corrected chi connectivity index (χ4v) is 5.58. The number of thiazole rings is 1. The van der Waals surface area contributed by atoms with Gasteiger partial charge in [0, 0.05) is 5.75 Å². The highest BCUT2D eigenvalue weighted by Crippen LogP contribution is 2.40. The zero-order chi connectivity index (χ0) is 22.0. The van der Waals surface area contributed by atoms with Gasteiger partial charge in [0.25, 0.3) is 11.8 Å². The maximum atomic E-state index is 12.8. The fourth-order valence-electron chi connectivity index (χ4n) is 2.86. The number of carboxylic acid groups (broad SMARTS) is 1. The van der Waals surface area contributed by atoms with Gasteiger partial charge in [-0.2, -0.15) is 0 Å². The summed E-state index contributed by atoms with van der Waals surface area (Å²) in [6.07, 6.45) is 0.429. The largest absolute Gasteiger partial charge is 0.477 e. The van der Waals surface area contributed by atoms with E-state index in [1.54, 1.807) is 0 Å². The smallest absolute Gasteiger partial charge is 0.352 e. The molecule has 1 aromatic heterocycles. The molecule has 3 rings (SSSR count). The van der Waals surface area contributed by atoms with Crippen molar-refractivity contribution in [2.45, 2.75) is 11.4 Å². The van der Waals surface area contributed by atoms with Crippen molar-refractivity contribution in [3.05, 3.63) is 20.8 Å². The van der Waals surface area contributed by atoms with Crippen molar-refractivity contribution in [1.29, 1.82) is 0 Å². The number of fused-ring (bicyclic) bond motifs is 1. The van der Waals surface area contributed by atoms with Gasteiger partial charge in [0.05, 0.1) is 6.61 Å². The molecule has 160 valence electrons. The van der Waals surface area contributed by atoms with E-state index in [2.05, 4.69) is 36.7 Å². The molecule has 3 heterocycles. The fraction of sp³-hybridized carbons (Fsp3) is 0.333. The number of carboxylic acids is 1. The molecule has 2 atom stereocenters. The number of nitrogens with one attached hydrogen (secondary N) is 2. The quantitative estimate of drug-likeness (QED) is 0.154. The van der Waals surface area contributed by atoms with E-state index in [0.717, 1.165) is 16.2 Å². The highest BCUT2D eigenvalue weighted by Gasteiger charge is 2.54. The average molecular weight is 520 g/mol. The van der Waals surface area contributed by atoms with Gasteiger partial charge in [-0.1, -0.05) is 16.5 Å². The van der Waals surface area contributed by atoms with Crippen molar-refractivity contribution >= 4 is 74.1 Å². The van der Waals surface area contributed by atoms with Crippen molar-refractivity contribution in [1.82, 2.24) is 15.2 Å². The number of aromatic nitrogens is 1. The number of aliphatic hydroxyl groups excluding tert-OH is 1. The monoisotopic (exact) mass is 519 g/mol. The average Bonchev–Trinajstić information content (AvgIpc) is 3.08. The highest BCUT2D eigenvalue weighted by molar-refractivity contribution is 9.11. The first-order valence-electron chi connectivity index (χ1n) is 8.13. The summed E-state index contributed by atoms with van der Waals surface area (Å²) in [5.74, 6) is -2.52. The van der Waals surface area contributed by atoms with Crippen molar-refractivity contribution < 1.29 is 34.2 Å². The van der Waals surface area contributed by atoms with Gasteiger partial charge < -0.3 is 25.7 Å². The summed E-state index contributed by atoms with van der Waals surface area (Å²) in [5, 5.41) is 26.9. The first-order chi connectivity index (χ1) is 14.3. The summed E-state index contributed by atoms with van der Waals surface area (Å²) in [4.78, 5) is 57.3. The van der Waals surface area contributed by atoms with Gasteiger partial charge in [-0.25, -0.2) is 9.78 Å². The van der Waals surface area contributed by atoms with Crippen LogP contribution < -0.4 is 10.6 Å². The second kappa shape index (κ2) is 9.11. The third kappa shape index (κ3) is 3.92. The molecule has 12 nitrogen and oxygen atoms in total. The normalized spacial score (nSPS) is 21.0. The molecule has 0 spiro atoms. The van der Waals surface area contributed by atoms with Gasteiger partial charge in [0.1, 0.15) is 33.7 Å². The van der Waals surface area contributed by atoms with Crippen LogP contribution in [0.5, 0.6) is 0 Å². The minimum Gasteiger partial charge on any atom is -0.477 e. The number of carbonyl (C=O) groups excluding carboxylic acids is 3. The summed E-state index contributed by atoms with van der Waals surface area (Å²) in [6.45, 7) is -0.484. The number of halogens is 1. The summed E-state index contributed by atoms with van der Waals surface area (Å²) in [7, 11) is 1.23. The molecule has 1 aromatic rings. The lowest BCUT2D eigenvalue weighted by Gasteiger charge is -2.49. The van der Waals surface area contributed by atoms with Gasteiger partial charge in [-0.05, 0) is 21.5 Å². The lowest BCUT2D eigenvalue weighted by atomic mass is 10.0. The van der Waals surface area contributed by atoms with Crippen LogP contribution in [0.15, 0.2) is 20.2 Å². The Balaban J connectivity index is 1.81. The molecule has 2 aliphatic heterocycles. The van der Waals surface area contributed by atoms with Crippen molar-refractivity contribution in [2.24, 2.45) is 5.16 Å². The second-order valence-corrected chi connectivity index (χ2v) is 9.22. The Hall–Kier alpha value is -2.49. The van der Waals surface area contributed by atoms with Crippen LogP contribution >= 0.6 is 39.0 Å². The molecule has 0 bridgehead atoms. The first kappa shape index (κ1) is 22.2. The molecule has 4 N–H and O–H groups in total. The Kier molecular flexibility index (Phi) is 6.74. The minimum atomic E-state index is -1.33. The van der Waals surface area contributed by atoms with E-state index < -0.39 is 35.8 Å². The molecule has 0 aromatic carbocycles. The lowest BCUT2D eigenvalue weighted by molar-refractivity contribution is -0.150. The van der Waals surface area contributed by atoms with E-state index in [-0.39, 0.29) is 33.6 Å². The number of rotatable bonds is 8. The van der Waals surface area contributed by atoms with E-state index in [4.69, 9.17) is 4.84 Å². The van der Waals surface area contributed by atoms with Crippen LogP contribution in [-0.2, 0) is 24.0 Å². The number of aliphatic hydroxyl groups is 1. The van der Waals surface area contributed by atoms with Crippen LogP contribution in [0.4, 0.5) is 5.13 Å². The first-order valence-corrected chi connectivity index (χ1v) is 10.8. The molecular weight excluding hydrogens is 506 g/mol. The molecule has 15 heteroatoms. The van der Waals surface area contributed by atoms with Crippen molar-refractivity contribution in [2.75, 3.05) is 24.8 Å². The van der Waals surface area contributed by atoms with Gasteiger partial charge in [-0.15, -0.1) is 11.8 Å². The number of hydrogen-bond donors (Lipinski definition) is 4. The van der Waals surface area contributed by atoms with Gasteiger partial charge >= 0.3 is 5.97 Å². The second-order valence-electron chi connectivity index (χ2n) is 5.80. The summed E-state index contributed by atoms with van der Waals surface area (Å²) in [5.41, 5.74) is -0.187. The lowest BCUT2D eigenvalue weighted by Crippen LogP contribution is -2.71. The molecule has 1 unspecified atom stereocenters. The molecule has 0 radical (unpaired) electrons. The molecule has 0 saturated carbocycles.